The summed E-state index contributed by atoms with van der Waals surface area (Å²) in [5, 5.41) is 13.3. The van der Waals surface area contributed by atoms with Gasteiger partial charge in [-0.05, 0) is 49.1 Å². The predicted molar refractivity (Wildman–Crippen MR) is 95.3 cm³/mol. The van der Waals surface area contributed by atoms with Crippen LogP contribution >= 0.6 is 0 Å². The summed E-state index contributed by atoms with van der Waals surface area (Å²) in [5.41, 5.74) is 2.55. The van der Waals surface area contributed by atoms with E-state index in [2.05, 4.69) is 29.6 Å². The van der Waals surface area contributed by atoms with Crippen LogP contribution in [0.15, 0.2) is 24.3 Å². The minimum atomic E-state index is -0.359. The molecule has 0 spiro atoms. The van der Waals surface area contributed by atoms with Gasteiger partial charge < -0.3 is 20.1 Å². The fraction of sp³-hybridized carbons (Fsp3) is 0.650. The number of ether oxygens (including phenoxy) is 1. The largest absolute Gasteiger partial charge is 0.393 e. The Hall–Kier alpha value is -1.59. The summed E-state index contributed by atoms with van der Waals surface area (Å²) in [6, 6.07) is 8.68. The number of benzene rings is 1. The number of aliphatic hydroxyl groups is 1. The van der Waals surface area contributed by atoms with Crippen molar-refractivity contribution in [3.63, 3.8) is 0 Å². The van der Waals surface area contributed by atoms with E-state index in [1.807, 2.05) is 4.90 Å². The molecule has 3 atom stereocenters. The van der Waals surface area contributed by atoms with E-state index in [1.54, 1.807) is 0 Å². The fourth-order valence-corrected chi connectivity index (χ4v) is 4.21. The van der Waals surface area contributed by atoms with Crippen LogP contribution in [0.4, 0.5) is 4.79 Å². The van der Waals surface area contributed by atoms with E-state index in [9.17, 15) is 9.90 Å². The van der Waals surface area contributed by atoms with Gasteiger partial charge in [0.25, 0.3) is 0 Å². The molecule has 25 heavy (non-hydrogen) atoms. The number of hydrogen-bond donors (Lipinski definition) is 2. The van der Waals surface area contributed by atoms with Gasteiger partial charge in [0.15, 0.2) is 0 Å². The highest BCUT2D eigenvalue weighted by Gasteiger charge is 2.39. The van der Waals surface area contributed by atoms with Gasteiger partial charge in [-0.3, -0.25) is 0 Å². The molecule has 1 aliphatic carbocycles. The van der Waals surface area contributed by atoms with E-state index >= 15 is 0 Å². The molecule has 2 amide bonds. The zero-order chi connectivity index (χ0) is 17.2. The third kappa shape index (κ3) is 3.82. The van der Waals surface area contributed by atoms with Crippen LogP contribution in [0.1, 0.15) is 49.1 Å². The van der Waals surface area contributed by atoms with Crippen LogP contribution in [0.25, 0.3) is 0 Å². The molecule has 0 aromatic heterocycles. The zero-order valence-electron chi connectivity index (χ0n) is 14.7. The van der Waals surface area contributed by atoms with E-state index in [0.29, 0.717) is 26.2 Å². The normalized spacial score (nSPS) is 29.6. The van der Waals surface area contributed by atoms with Gasteiger partial charge in [0.2, 0.25) is 0 Å². The lowest BCUT2D eigenvalue weighted by Crippen LogP contribution is -2.50. The number of likely N-dealkylation sites (tertiary alicyclic amines) is 1. The average Bonchev–Trinajstić information content (AvgIpc) is 3.37. The standard InChI is InChI=1S/C20H28N2O3/c23-19-9-11-25-13-17(19)18-2-1-10-22(18)20(24)21-12-14-3-5-15(6-4-14)16-7-8-16/h3-6,16-19,23H,1-2,7-13H2,(H,21,24). The summed E-state index contributed by atoms with van der Waals surface area (Å²) in [4.78, 5) is 14.6. The minimum Gasteiger partial charge on any atom is -0.393 e. The summed E-state index contributed by atoms with van der Waals surface area (Å²) in [5.74, 6) is 0.804. The molecule has 1 aromatic carbocycles. The van der Waals surface area contributed by atoms with Gasteiger partial charge in [0.1, 0.15) is 0 Å². The molecule has 3 aliphatic rings. The molecule has 2 aliphatic heterocycles. The van der Waals surface area contributed by atoms with Crippen LogP contribution < -0.4 is 5.32 Å². The quantitative estimate of drug-likeness (QED) is 0.883. The summed E-state index contributed by atoms with van der Waals surface area (Å²) in [6.45, 7) is 2.49. The predicted octanol–water partition coefficient (Wildman–Crippen LogP) is 2.64. The maximum absolute atomic E-state index is 12.7. The summed E-state index contributed by atoms with van der Waals surface area (Å²) in [7, 11) is 0. The van der Waals surface area contributed by atoms with Crippen molar-refractivity contribution in [3.05, 3.63) is 35.4 Å². The number of carbonyl (C=O) groups excluding carboxylic acids is 1. The van der Waals surface area contributed by atoms with Gasteiger partial charge in [0, 0.05) is 31.7 Å². The lowest BCUT2D eigenvalue weighted by Gasteiger charge is -2.36. The van der Waals surface area contributed by atoms with Crippen molar-refractivity contribution in [1.29, 1.82) is 0 Å². The number of urea groups is 1. The van der Waals surface area contributed by atoms with Crippen molar-refractivity contribution in [2.75, 3.05) is 19.8 Å². The number of carbonyl (C=O) groups is 1. The second-order valence-corrected chi connectivity index (χ2v) is 7.67. The van der Waals surface area contributed by atoms with E-state index in [4.69, 9.17) is 4.74 Å². The van der Waals surface area contributed by atoms with Gasteiger partial charge in [0.05, 0.1) is 12.7 Å². The Labute approximate surface area is 149 Å². The number of amides is 2. The first-order chi connectivity index (χ1) is 12.2. The Balaban J connectivity index is 1.33. The van der Waals surface area contributed by atoms with Gasteiger partial charge in [-0.2, -0.15) is 0 Å². The Morgan fingerprint density at radius 1 is 1.20 bits per heavy atom. The molecule has 3 unspecified atom stereocenters. The van der Waals surface area contributed by atoms with Gasteiger partial charge >= 0.3 is 6.03 Å². The molecule has 0 radical (unpaired) electrons. The summed E-state index contributed by atoms with van der Waals surface area (Å²) in [6.07, 6.45) is 4.88. The van der Waals surface area contributed by atoms with Crippen LogP contribution in [0.3, 0.4) is 0 Å². The lowest BCUT2D eigenvalue weighted by atomic mass is 9.89. The first-order valence-electron chi connectivity index (χ1n) is 9.61. The molecule has 3 fully saturated rings. The first kappa shape index (κ1) is 16.9. The number of hydrogen-bond acceptors (Lipinski definition) is 3. The number of aliphatic hydroxyl groups excluding tert-OH is 1. The highest BCUT2D eigenvalue weighted by Crippen LogP contribution is 2.39. The van der Waals surface area contributed by atoms with Crippen molar-refractivity contribution >= 4 is 6.03 Å². The molecule has 5 nitrogen and oxygen atoms in total. The fourth-order valence-electron chi connectivity index (χ4n) is 4.21. The molecular formula is C20H28N2O3. The molecule has 2 heterocycles. The molecule has 0 bridgehead atoms. The molecule has 4 rings (SSSR count). The van der Waals surface area contributed by atoms with Crippen LogP contribution in [0.5, 0.6) is 0 Å². The van der Waals surface area contributed by atoms with Crippen molar-refractivity contribution < 1.29 is 14.6 Å². The van der Waals surface area contributed by atoms with Gasteiger partial charge in [-0.15, -0.1) is 0 Å². The minimum absolute atomic E-state index is 0.0217. The maximum Gasteiger partial charge on any atom is 0.317 e. The molecular weight excluding hydrogens is 316 g/mol. The van der Waals surface area contributed by atoms with Gasteiger partial charge in [-0.1, -0.05) is 24.3 Å². The van der Waals surface area contributed by atoms with Crippen LogP contribution in [0, 0.1) is 5.92 Å². The molecule has 5 heteroatoms. The monoisotopic (exact) mass is 344 g/mol. The first-order valence-corrected chi connectivity index (χ1v) is 9.61. The Bertz CT molecular complexity index is 599. The third-order valence-corrected chi connectivity index (χ3v) is 5.89. The van der Waals surface area contributed by atoms with E-state index < -0.39 is 0 Å². The molecule has 1 saturated carbocycles. The second-order valence-electron chi connectivity index (χ2n) is 7.67. The number of nitrogens with zero attached hydrogens (tertiary/aromatic N) is 1. The molecule has 1 aromatic rings. The van der Waals surface area contributed by atoms with Crippen molar-refractivity contribution in [1.82, 2.24) is 10.2 Å². The maximum atomic E-state index is 12.7. The summed E-state index contributed by atoms with van der Waals surface area (Å²) < 4.78 is 5.54. The Morgan fingerprint density at radius 3 is 2.72 bits per heavy atom. The Morgan fingerprint density at radius 2 is 2.00 bits per heavy atom. The van der Waals surface area contributed by atoms with E-state index in [1.165, 1.54) is 18.4 Å². The third-order valence-electron chi connectivity index (χ3n) is 5.89. The number of rotatable bonds is 4. The highest BCUT2D eigenvalue weighted by atomic mass is 16.5. The van der Waals surface area contributed by atoms with Crippen LogP contribution in [-0.2, 0) is 11.3 Å². The molecule has 136 valence electrons. The van der Waals surface area contributed by atoms with E-state index in [-0.39, 0.29) is 24.1 Å². The number of nitrogens with one attached hydrogen (secondary N) is 1. The molecule has 2 saturated heterocycles. The van der Waals surface area contributed by atoms with Gasteiger partial charge in [-0.25, -0.2) is 4.79 Å². The van der Waals surface area contributed by atoms with Crippen LogP contribution in [0.2, 0.25) is 0 Å². The SMILES string of the molecule is O=C(NCc1ccc(C2CC2)cc1)N1CCCC1C1COCCC1O. The van der Waals surface area contributed by atoms with Crippen LogP contribution in [-0.4, -0.2) is 47.9 Å². The van der Waals surface area contributed by atoms with Crippen molar-refractivity contribution in [3.8, 4) is 0 Å². The Kier molecular flexibility index (Phi) is 4.95. The molecule has 2 N–H and O–H groups in total. The van der Waals surface area contributed by atoms with Crippen molar-refractivity contribution in [2.24, 2.45) is 5.92 Å². The second kappa shape index (κ2) is 7.34. The lowest BCUT2D eigenvalue weighted by molar-refractivity contribution is -0.0576. The smallest absolute Gasteiger partial charge is 0.317 e. The topological polar surface area (TPSA) is 61.8 Å². The van der Waals surface area contributed by atoms with Crippen molar-refractivity contribution in [2.45, 2.75) is 56.7 Å². The highest BCUT2D eigenvalue weighted by molar-refractivity contribution is 5.75. The summed E-state index contributed by atoms with van der Waals surface area (Å²) >= 11 is 0. The van der Waals surface area contributed by atoms with E-state index in [0.717, 1.165) is 30.9 Å². The average molecular weight is 344 g/mol. The zero-order valence-corrected chi connectivity index (χ0v) is 14.7.